The molecular formula is C8H12N4O. The highest BCUT2D eigenvalue weighted by molar-refractivity contribution is 5.80. The largest absolute Gasteiger partial charge is 0.368 e. The van der Waals surface area contributed by atoms with Crippen LogP contribution in [0.25, 0.3) is 0 Å². The summed E-state index contributed by atoms with van der Waals surface area (Å²) in [6, 6.07) is 1.74. The molecule has 0 fully saturated rings. The lowest BCUT2D eigenvalue weighted by Gasteiger charge is -2.04. The number of nitrogens with two attached hydrogens (primary N) is 1. The van der Waals surface area contributed by atoms with Crippen LogP contribution in [-0.4, -0.2) is 22.3 Å². The van der Waals surface area contributed by atoms with Crippen LogP contribution in [0.5, 0.6) is 0 Å². The van der Waals surface area contributed by atoms with Crippen molar-refractivity contribution in [2.75, 3.05) is 17.6 Å². The van der Waals surface area contributed by atoms with Gasteiger partial charge in [0.2, 0.25) is 5.95 Å². The third kappa shape index (κ3) is 3.06. The van der Waals surface area contributed by atoms with E-state index in [1.165, 1.54) is 6.92 Å². The monoisotopic (exact) mass is 180 g/mol. The SMILES string of the molecule is CC(=O)CNc1cc(C)nc(N)n1. The number of nitrogens with zero attached hydrogens (tertiary/aromatic N) is 2. The third-order valence-electron chi connectivity index (χ3n) is 1.39. The van der Waals surface area contributed by atoms with Crippen molar-refractivity contribution in [2.24, 2.45) is 0 Å². The number of hydrogen-bond acceptors (Lipinski definition) is 5. The zero-order chi connectivity index (χ0) is 9.84. The Morgan fingerprint density at radius 1 is 1.62 bits per heavy atom. The minimum Gasteiger partial charge on any atom is -0.368 e. The highest BCUT2D eigenvalue weighted by Crippen LogP contribution is 2.06. The second-order valence-electron chi connectivity index (χ2n) is 2.81. The van der Waals surface area contributed by atoms with E-state index < -0.39 is 0 Å². The smallest absolute Gasteiger partial charge is 0.222 e. The first kappa shape index (κ1) is 9.44. The van der Waals surface area contributed by atoms with Gasteiger partial charge in [-0.15, -0.1) is 0 Å². The summed E-state index contributed by atoms with van der Waals surface area (Å²) in [6.45, 7) is 3.58. The van der Waals surface area contributed by atoms with E-state index >= 15 is 0 Å². The lowest BCUT2D eigenvalue weighted by Crippen LogP contribution is -2.12. The Morgan fingerprint density at radius 2 is 2.31 bits per heavy atom. The molecule has 0 saturated heterocycles. The van der Waals surface area contributed by atoms with Gasteiger partial charge in [0, 0.05) is 11.8 Å². The molecule has 0 aliphatic heterocycles. The second kappa shape index (κ2) is 3.84. The number of ketones is 1. The molecule has 5 nitrogen and oxygen atoms in total. The van der Waals surface area contributed by atoms with Crippen molar-refractivity contribution in [3.63, 3.8) is 0 Å². The zero-order valence-corrected chi connectivity index (χ0v) is 7.66. The molecule has 1 rings (SSSR count). The summed E-state index contributed by atoms with van der Waals surface area (Å²) in [4.78, 5) is 18.5. The summed E-state index contributed by atoms with van der Waals surface area (Å²) in [5.74, 6) is 0.848. The van der Waals surface area contributed by atoms with Gasteiger partial charge in [0.15, 0.2) is 0 Å². The van der Waals surface area contributed by atoms with Crippen molar-refractivity contribution in [1.29, 1.82) is 0 Å². The van der Waals surface area contributed by atoms with E-state index in [0.717, 1.165) is 5.69 Å². The predicted octanol–water partition coefficient (Wildman–Crippen LogP) is 0.368. The topological polar surface area (TPSA) is 80.9 Å². The summed E-state index contributed by atoms with van der Waals surface area (Å²) in [5, 5.41) is 2.85. The van der Waals surface area contributed by atoms with Gasteiger partial charge in [0.1, 0.15) is 11.6 Å². The molecule has 0 bridgehead atoms. The van der Waals surface area contributed by atoms with Crippen LogP contribution < -0.4 is 11.1 Å². The Labute approximate surface area is 76.4 Å². The lowest BCUT2D eigenvalue weighted by molar-refractivity contribution is -0.115. The summed E-state index contributed by atoms with van der Waals surface area (Å²) in [7, 11) is 0. The molecule has 3 N–H and O–H groups in total. The average molecular weight is 180 g/mol. The van der Waals surface area contributed by atoms with Crippen molar-refractivity contribution < 1.29 is 4.79 Å². The summed E-state index contributed by atoms with van der Waals surface area (Å²) in [5.41, 5.74) is 6.20. The molecule has 1 aromatic heterocycles. The van der Waals surface area contributed by atoms with Crippen molar-refractivity contribution >= 4 is 17.5 Å². The number of aryl methyl sites for hydroxylation is 1. The molecule has 0 radical (unpaired) electrons. The van der Waals surface area contributed by atoms with Crippen molar-refractivity contribution in [1.82, 2.24) is 9.97 Å². The van der Waals surface area contributed by atoms with Crippen LogP contribution in [0.2, 0.25) is 0 Å². The molecule has 0 atom stereocenters. The van der Waals surface area contributed by atoms with E-state index in [1.54, 1.807) is 6.07 Å². The van der Waals surface area contributed by atoms with E-state index in [4.69, 9.17) is 5.73 Å². The quantitative estimate of drug-likeness (QED) is 0.702. The number of anilines is 2. The number of hydrogen-bond donors (Lipinski definition) is 2. The Morgan fingerprint density at radius 3 is 2.85 bits per heavy atom. The second-order valence-corrected chi connectivity index (χ2v) is 2.81. The maximum Gasteiger partial charge on any atom is 0.222 e. The van der Waals surface area contributed by atoms with Crippen LogP contribution in [0.15, 0.2) is 6.07 Å². The molecule has 0 aromatic carbocycles. The number of rotatable bonds is 3. The van der Waals surface area contributed by atoms with E-state index in [0.29, 0.717) is 5.82 Å². The third-order valence-corrected chi connectivity index (χ3v) is 1.39. The van der Waals surface area contributed by atoms with Crippen LogP contribution in [0.3, 0.4) is 0 Å². The van der Waals surface area contributed by atoms with Gasteiger partial charge in [-0.2, -0.15) is 4.98 Å². The lowest BCUT2D eigenvalue weighted by atomic mass is 10.4. The maximum atomic E-state index is 10.6. The molecule has 5 heteroatoms. The van der Waals surface area contributed by atoms with Crippen molar-refractivity contribution in [3.05, 3.63) is 11.8 Å². The average Bonchev–Trinajstić information content (AvgIpc) is 1.99. The maximum absolute atomic E-state index is 10.6. The van der Waals surface area contributed by atoms with Crippen LogP contribution in [0, 0.1) is 6.92 Å². The minimum atomic E-state index is 0.0508. The van der Waals surface area contributed by atoms with E-state index in [2.05, 4.69) is 15.3 Å². The number of Topliss-reactive ketones (excluding diaryl/α,β-unsaturated/α-hetero) is 1. The molecule has 0 amide bonds. The summed E-state index contributed by atoms with van der Waals surface area (Å²) >= 11 is 0. The first-order valence-corrected chi connectivity index (χ1v) is 3.92. The highest BCUT2D eigenvalue weighted by atomic mass is 16.1. The van der Waals surface area contributed by atoms with Gasteiger partial charge in [0.25, 0.3) is 0 Å². The standard InChI is InChI=1S/C8H12N4O/c1-5-3-7(10-4-6(2)13)12-8(9)11-5/h3H,4H2,1-2H3,(H3,9,10,11,12). The Bertz CT molecular complexity index is 304. The number of nitrogens with one attached hydrogen (secondary N) is 1. The number of carbonyl (C=O) groups is 1. The van der Waals surface area contributed by atoms with E-state index in [-0.39, 0.29) is 18.3 Å². The van der Waals surface area contributed by atoms with Gasteiger partial charge in [-0.1, -0.05) is 0 Å². The summed E-state index contributed by atoms with van der Waals surface area (Å²) in [6.07, 6.45) is 0. The Balaban J connectivity index is 2.71. The van der Waals surface area contributed by atoms with E-state index in [9.17, 15) is 4.79 Å². The van der Waals surface area contributed by atoms with E-state index in [1.807, 2.05) is 6.92 Å². The first-order valence-electron chi connectivity index (χ1n) is 3.92. The predicted molar refractivity (Wildman–Crippen MR) is 50.4 cm³/mol. The summed E-state index contributed by atoms with van der Waals surface area (Å²) < 4.78 is 0. The molecule has 13 heavy (non-hydrogen) atoms. The minimum absolute atomic E-state index is 0.0508. The van der Waals surface area contributed by atoms with Gasteiger partial charge in [0.05, 0.1) is 6.54 Å². The number of aromatic nitrogens is 2. The molecule has 1 heterocycles. The van der Waals surface area contributed by atoms with Gasteiger partial charge in [-0.25, -0.2) is 4.98 Å². The van der Waals surface area contributed by atoms with Gasteiger partial charge in [-0.3, -0.25) is 4.79 Å². The molecule has 0 unspecified atom stereocenters. The normalized spacial score (nSPS) is 9.69. The fraction of sp³-hybridized carbons (Fsp3) is 0.375. The zero-order valence-electron chi connectivity index (χ0n) is 7.66. The van der Waals surface area contributed by atoms with Crippen LogP contribution in [0.4, 0.5) is 11.8 Å². The Hall–Kier alpha value is -1.65. The fourth-order valence-corrected chi connectivity index (χ4v) is 0.897. The van der Waals surface area contributed by atoms with Gasteiger partial charge >= 0.3 is 0 Å². The molecule has 0 aliphatic carbocycles. The number of nitrogen functional groups attached to an aromatic ring is 1. The molecule has 0 saturated carbocycles. The van der Waals surface area contributed by atoms with Crippen LogP contribution in [0.1, 0.15) is 12.6 Å². The fourth-order valence-electron chi connectivity index (χ4n) is 0.897. The van der Waals surface area contributed by atoms with Crippen LogP contribution in [-0.2, 0) is 4.79 Å². The van der Waals surface area contributed by atoms with Crippen molar-refractivity contribution in [3.8, 4) is 0 Å². The molecule has 70 valence electrons. The molecular weight excluding hydrogens is 168 g/mol. The molecule has 0 aliphatic rings. The molecule has 0 spiro atoms. The number of carbonyl (C=O) groups excluding carboxylic acids is 1. The van der Waals surface area contributed by atoms with Crippen molar-refractivity contribution in [2.45, 2.75) is 13.8 Å². The van der Waals surface area contributed by atoms with Crippen LogP contribution >= 0.6 is 0 Å². The van der Waals surface area contributed by atoms with Gasteiger partial charge < -0.3 is 11.1 Å². The first-order chi connectivity index (χ1) is 6.08. The Kier molecular flexibility index (Phi) is 2.79. The van der Waals surface area contributed by atoms with Gasteiger partial charge in [-0.05, 0) is 13.8 Å². The highest BCUT2D eigenvalue weighted by Gasteiger charge is 1.99. The molecule has 1 aromatic rings.